The molecule has 0 spiro atoms. The number of carbonyl (C=O) groups excluding carboxylic acids is 1. The number of ketones is 1. The third-order valence-corrected chi connectivity index (χ3v) is 3.40. The topological polar surface area (TPSA) is 69.9 Å². The minimum absolute atomic E-state index is 0.195. The molecule has 0 aliphatic carbocycles. The maximum absolute atomic E-state index is 11.0. The molecule has 0 N–H and O–H groups in total. The first-order valence-corrected chi connectivity index (χ1v) is 7.02. The predicted molar refractivity (Wildman–Crippen MR) is 81.8 cm³/mol. The van der Waals surface area contributed by atoms with Crippen LogP contribution < -0.4 is 4.74 Å². The van der Waals surface area contributed by atoms with Gasteiger partial charge in [0.1, 0.15) is 23.2 Å². The average molecular weight is 296 g/mol. The minimum atomic E-state index is 0.195. The van der Waals surface area contributed by atoms with E-state index < -0.39 is 0 Å². The lowest BCUT2D eigenvalue weighted by Crippen LogP contribution is -1.95. The lowest BCUT2D eigenvalue weighted by molar-refractivity contribution is -0.116. The molecular formula is C16H16N4O2. The number of aromatic nitrogens is 4. The summed E-state index contributed by atoms with van der Waals surface area (Å²) in [5, 5.41) is 4.92. The van der Waals surface area contributed by atoms with Crippen LogP contribution in [0.2, 0.25) is 0 Å². The smallest absolute Gasteiger partial charge is 0.233 e. The number of carbonyl (C=O) groups is 1. The third kappa shape index (κ3) is 2.95. The van der Waals surface area contributed by atoms with Gasteiger partial charge >= 0.3 is 0 Å². The zero-order valence-electron chi connectivity index (χ0n) is 12.5. The van der Waals surface area contributed by atoms with E-state index in [1.165, 1.54) is 6.33 Å². The van der Waals surface area contributed by atoms with Gasteiger partial charge in [-0.05, 0) is 31.0 Å². The molecule has 0 atom stereocenters. The van der Waals surface area contributed by atoms with Gasteiger partial charge in [-0.15, -0.1) is 0 Å². The Hall–Kier alpha value is -2.76. The highest BCUT2D eigenvalue weighted by molar-refractivity contribution is 5.79. The number of ether oxygens (including phenoxy) is 1. The summed E-state index contributed by atoms with van der Waals surface area (Å²) in [6, 6.07) is 7.67. The van der Waals surface area contributed by atoms with Gasteiger partial charge in [0.25, 0.3) is 0 Å². The van der Waals surface area contributed by atoms with Crippen LogP contribution in [0.5, 0.6) is 11.6 Å². The standard InChI is InChI=1S/C16H16N4O2/c1-11(21)3-4-12-5-7-13(8-6-12)22-16-14-9-19-20(2)15(14)17-10-18-16/h5-10H,3-4H2,1-2H3. The number of rotatable bonds is 5. The second-order valence-electron chi connectivity index (χ2n) is 5.13. The fraction of sp³-hybridized carbons (Fsp3) is 0.250. The third-order valence-electron chi connectivity index (χ3n) is 3.40. The van der Waals surface area contributed by atoms with Crippen molar-refractivity contribution < 1.29 is 9.53 Å². The molecule has 2 aromatic heterocycles. The van der Waals surface area contributed by atoms with Crippen LogP contribution in [0, 0.1) is 0 Å². The lowest BCUT2D eigenvalue weighted by Gasteiger charge is -2.06. The van der Waals surface area contributed by atoms with E-state index in [9.17, 15) is 4.79 Å². The largest absolute Gasteiger partial charge is 0.438 e. The van der Waals surface area contributed by atoms with Gasteiger partial charge in [-0.3, -0.25) is 4.68 Å². The number of nitrogens with zero attached hydrogens (tertiary/aromatic N) is 4. The maximum atomic E-state index is 11.0. The van der Waals surface area contributed by atoms with Crippen molar-refractivity contribution in [2.75, 3.05) is 0 Å². The van der Waals surface area contributed by atoms with Gasteiger partial charge < -0.3 is 9.53 Å². The van der Waals surface area contributed by atoms with E-state index in [0.717, 1.165) is 23.0 Å². The summed E-state index contributed by atoms with van der Waals surface area (Å²) >= 11 is 0. The number of benzene rings is 1. The Morgan fingerprint density at radius 3 is 2.73 bits per heavy atom. The molecule has 3 aromatic rings. The van der Waals surface area contributed by atoms with E-state index in [0.29, 0.717) is 18.1 Å². The number of Topliss-reactive ketones (excluding diaryl/α,β-unsaturated/α-hetero) is 1. The van der Waals surface area contributed by atoms with Crippen molar-refractivity contribution >= 4 is 16.8 Å². The molecule has 0 amide bonds. The van der Waals surface area contributed by atoms with Crippen LogP contribution in [0.4, 0.5) is 0 Å². The van der Waals surface area contributed by atoms with Gasteiger partial charge in [0.05, 0.1) is 6.20 Å². The second-order valence-corrected chi connectivity index (χ2v) is 5.13. The Balaban J connectivity index is 1.79. The monoisotopic (exact) mass is 296 g/mol. The van der Waals surface area contributed by atoms with E-state index in [1.54, 1.807) is 17.8 Å². The molecule has 112 valence electrons. The van der Waals surface area contributed by atoms with Gasteiger partial charge in [-0.2, -0.15) is 5.10 Å². The second kappa shape index (κ2) is 5.93. The van der Waals surface area contributed by atoms with Gasteiger partial charge in [-0.1, -0.05) is 12.1 Å². The zero-order chi connectivity index (χ0) is 15.5. The molecule has 0 radical (unpaired) electrons. The number of hydrogen-bond acceptors (Lipinski definition) is 5. The summed E-state index contributed by atoms with van der Waals surface area (Å²) in [7, 11) is 1.82. The zero-order valence-corrected chi connectivity index (χ0v) is 12.5. The first-order chi connectivity index (χ1) is 10.6. The first-order valence-electron chi connectivity index (χ1n) is 7.02. The molecule has 0 saturated carbocycles. The Morgan fingerprint density at radius 1 is 1.23 bits per heavy atom. The maximum Gasteiger partial charge on any atom is 0.233 e. The van der Waals surface area contributed by atoms with Crippen LogP contribution >= 0.6 is 0 Å². The Labute approximate surface area is 127 Å². The summed E-state index contributed by atoms with van der Waals surface area (Å²) in [6.07, 6.45) is 4.45. The highest BCUT2D eigenvalue weighted by Gasteiger charge is 2.09. The fourth-order valence-corrected chi connectivity index (χ4v) is 2.18. The van der Waals surface area contributed by atoms with Gasteiger partial charge in [0.2, 0.25) is 5.88 Å². The first kappa shape index (κ1) is 14.2. The molecule has 0 unspecified atom stereocenters. The van der Waals surface area contributed by atoms with Crippen molar-refractivity contribution in [1.29, 1.82) is 0 Å². The minimum Gasteiger partial charge on any atom is -0.438 e. The summed E-state index contributed by atoms with van der Waals surface area (Å²) in [6.45, 7) is 1.60. The molecule has 2 heterocycles. The van der Waals surface area contributed by atoms with E-state index in [1.807, 2.05) is 31.3 Å². The van der Waals surface area contributed by atoms with Crippen molar-refractivity contribution in [2.45, 2.75) is 19.8 Å². The van der Waals surface area contributed by atoms with Gasteiger partial charge in [-0.25, -0.2) is 9.97 Å². The molecule has 22 heavy (non-hydrogen) atoms. The SMILES string of the molecule is CC(=O)CCc1ccc(Oc2ncnc3c2cnn3C)cc1. The molecular weight excluding hydrogens is 280 g/mol. The molecule has 0 aliphatic rings. The van der Waals surface area contributed by atoms with Crippen LogP contribution in [0.3, 0.4) is 0 Å². The number of hydrogen-bond donors (Lipinski definition) is 0. The van der Waals surface area contributed by atoms with E-state index in [4.69, 9.17) is 4.74 Å². The van der Waals surface area contributed by atoms with E-state index >= 15 is 0 Å². The summed E-state index contributed by atoms with van der Waals surface area (Å²) in [4.78, 5) is 19.3. The van der Waals surface area contributed by atoms with Crippen molar-refractivity contribution in [3.8, 4) is 11.6 Å². The highest BCUT2D eigenvalue weighted by Crippen LogP contribution is 2.26. The van der Waals surface area contributed by atoms with Crippen molar-refractivity contribution in [1.82, 2.24) is 19.7 Å². The van der Waals surface area contributed by atoms with Crippen LogP contribution in [0.15, 0.2) is 36.8 Å². The Kier molecular flexibility index (Phi) is 3.82. The fourth-order valence-electron chi connectivity index (χ4n) is 2.18. The number of aryl methyl sites for hydroxylation is 2. The Bertz CT molecular complexity index is 809. The number of fused-ring (bicyclic) bond motifs is 1. The molecule has 3 rings (SSSR count). The summed E-state index contributed by atoms with van der Waals surface area (Å²) in [5.41, 5.74) is 1.83. The molecule has 6 heteroatoms. The van der Waals surface area contributed by atoms with Crippen molar-refractivity contribution in [2.24, 2.45) is 7.05 Å². The van der Waals surface area contributed by atoms with E-state index in [2.05, 4.69) is 15.1 Å². The Morgan fingerprint density at radius 2 is 2.00 bits per heavy atom. The molecule has 0 fully saturated rings. The predicted octanol–water partition coefficient (Wildman–Crippen LogP) is 2.68. The van der Waals surface area contributed by atoms with Crippen LogP contribution in [0.1, 0.15) is 18.9 Å². The summed E-state index contributed by atoms with van der Waals surface area (Å²) < 4.78 is 7.49. The van der Waals surface area contributed by atoms with Gasteiger partial charge in [0, 0.05) is 13.5 Å². The van der Waals surface area contributed by atoms with Gasteiger partial charge in [0.15, 0.2) is 5.65 Å². The molecule has 6 nitrogen and oxygen atoms in total. The van der Waals surface area contributed by atoms with Crippen LogP contribution in [-0.4, -0.2) is 25.5 Å². The molecule has 0 bridgehead atoms. The van der Waals surface area contributed by atoms with Crippen molar-refractivity contribution in [3.05, 3.63) is 42.4 Å². The molecule has 0 saturated heterocycles. The lowest BCUT2D eigenvalue weighted by atomic mass is 10.1. The quantitative estimate of drug-likeness (QED) is 0.724. The van der Waals surface area contributed by atoms with Crippen molar-refractivity contribution in [3.63, 3.8) is 0 Å². The van der Waals surface area contributed by atoms with Crippen LogP contribution in [0.25, 0.3) is 11.0 Å². The van der Waals surface area contributed by atoms with Crippen LogP contribution in [-0.2, 0) is 18.3 Å². The molecule has 0 aliphatic heterocycles. The highest BCUT2D eigenvalue weighted by atomic mass is 16.5. The summed E-state index contributed by atoms with van der Waals surface area (Å²) in [5.74, 6) is 1.37. The molecule has 1 aromatic carbocycles. The normalized spacial score (nSPS) is 10.8. The van der Waals surface area contributed by atoms with E-state index in [-0.39, 0.29) is 5.78 Å². The average Bonchev–Trinajstić information content (AvgIpc) is 2.89.